The molecule has 5 heteroatoms. The van der Waals surface area contributed by atoms with Crippen molar-refractivity contribution in [3.63, 3.8) is 0 Å². The van der Waals surface area contributed by atoms with Crippen LogP contribution in [0, 0.1) is 27.7 Å². The molecule has 0 aliphatic heterocycles. The van der Waals surface area contributed by atoms with Crippen LogP contribution in [0.5, 0.6) is 0 Å². The van der Waals surface area contributed by atoms with E-state index in [1.165, 1.54) is 6.08 Å². The molecule has 0 spiro atoms. The number of aromatic nitrogens is 2. The van der Waals surface area contributed by atoms with Crippen molar-refractivity contribution in [2.24, 2.45) is 7.05 Å². The standard InChI is InChI=1S/C19H22N2O3/c1-12-6-7-16(13(2)10-12)18(22)11-24-19(23)9-8-17-14(3)20-21(5)15(17)4/h6-10H,11H2,1-5H3/b9-8+. The lowest BCUT2D eigenvalue weighted by molar-refractivity contribution is -0.136. The van der Waals surface area contributed by atoms with Gasteiger partial charge in [0.2, 0.25) is 5.78 Å². The van der Waals surface area contributed by atoms with Gasteiger partial charge >= 0.3 is 5.97 Å². The highest BCUT2D eigenvalue weighted by molar-refractivity contribution is 6.00. The Morgan fingerprint density at radius 3 is 2.50 bits per heavy atom. The van der Waals surface area contributed by atoms with Crippen molar-refractivity contribution in [1.82, 2.24) is 9.78 Å². The van der Waals surface area contributed by atoms with Crippen LogP contribution >= 0.6 is 0 Å². The van der Waals surface area contributed by atoms with E-state index in [0.29, 0.717) is 5.56 Å². The Labute approximate surface area is 141 Å². The van der Waals surface area contributed by atoms with Gasteiger partial charge in [-0.25, -0.2) is 4.79 Å². The van der Waals surface area contributed by atoms with Crippen LogP contribution in [-0.2, 0) is 16.6 Å². The third-order valence-electron chi connectivity index (χ3n) is 3.98. The molecule has 0 saturated heterocycles. The Bertz CT molecular complexity index is 816. The summed E-state index contributed by atoms with van der Waals surface area (Å²) in [5.41, 5.74) is 5.24. The number of hydrogen-bond donors (Lipinski definition) is 0. The lowest BCUT2D eigenvalue weighted by Gasteiger charge is -2.06. The second-order valence-corrected chi connectivity index (χ2v) is 5.89. The zero-order valence-corrected chi connectivity index (χ0v) is 14.7. The maximum absolute atomic E-state index is 12.2. The Balaban J connectivity index is 1.98. The van der Waals surface area contributed by atoms with E-state index in [4.69, 9.17) is 4.74 Å². The van der Waals surface area contributed by atoms with Gasteiger partial charge in [0.1, 0.15) is 0 Å². The Morgan fingerprint density at radius 1 is 1.21 bits per heavy atom. The summed E-state index contributed by atoms with van der Waals surface area (Å²) in [5, 5.41) is 4.28. The van der Waals surface area contributed by atoms with Crippen LogP contribution in [0.25, 0.3) is 6.08 Å². The van der Waals surface area contributed by atoms with Crippen LogP contribution < -0.4 is 0 Å². The second kappa shape index (κ2) is 7.25. The largest absolute Gasteiger partial charge is 0.454 e. The third kappa shape index (κ3) is 3.98. The Hall–Kier alpha value is -2.69. The van der Waals surface area contributed by atoms with Gasteiger partial charge in [-0.3, -0.25) is 9.48 Å². The Kier molecular flexibility index (Phi) is 5.34. The molecule has 0 unspecified atom stereocenters. The number of benzene rings is 1. The SMILES string of the molecule is Cc1ccc(C(=O)COC(=O)/C=C/c2c(C)nn(C)c2C)c(C)c1. The van der Waals surface area contributed by atoms with E-state index in [-0.39, 0.29) is 12.4 Å². The smallest absolute Gasteiger partial charge is 0.331 e. The molecule has 5 nitrogen and oxygen atoms in total. The zero-order chi connectivity index (χ0) is 17.9. The van der Waals surface area contributed by atoms with Crippen LogP contribution in [0.3, 0.4) is 0 Å². The molecular formula is C19H22N2O3. The predicted molar refractivity (Wildman–Crippen MR) is 92.9 cm³/mol. The maximum atomic E-state index is 12.2. The quantitative estimate of drug-likeness (QED) is 0.481. The molecule has 1 aromatic heterocycles. The van der Waals surface area contributed by atoms with E-state index >= 15 is 0 Å². The lowest BCUT2D eigenvalue weighted by Crippen LogP contribution is -2.13. The summed E-state index contributed by atoms with van der Waals surface area (Å²) in [7, 11) is 1.85. The van der Waals surface area contributed by atoms with Gasteiger partial charge < -0.3 is 4.74 Å². The summed E-state index contributed by atoms with van der Waals surface area (Å²) in [5.74, 6) is -0.751. The van der Waals surface area contributed by atoms with Gasteiger partial charge in [0.15, 0.2) is 6.61 Å². The molecule has 2 rings (SSSR count). The monoisotopic (exact) mass is 326 g/mol. The molecule has 0 bridgehead atoms. The molecule has 0 amide bonds. The lowest BCUT2D eigenvalue weighted by atomic mass is 10.0. The van der Waals surface area contributed by atoms with Gasteiger partial charge in [-0.2, -0.15) is 5.10 Å². The van der Waals surface area contributed by atoms with Crippen LogP contribution in [0.2, 0.25) is 0 Å². The summed E-state index contributed by atoms with van der Waals surface area (Å²) in [4.78, 5) is 24.0. The number of esters is 1. The average Bonchev–Trinajstić information content (AvgIpc) is 2.75. The third-order valence-corrected chi connectivity index (χ3v) is 3.98. The summed E-state index contributed by atoms with van der Waals surface area (Å²) < 4.78 is 6.80. The molecule has 1 heterocycles. The average molecular weight is 326 g/mol. The molecule has 0 fully saturated rings. The molecule has 0 aliphatic carbocycles. The van der Waals surface area contributed by atoms with Gasteiger partial charge in [-0.1, -0.05) is 23.8 Å². The van der Waals surface area contributed by atoms with E-state index < -0.39 is 5.97 Å². The normalized spacial score (nSPS) is 11.0. The number of ketones is 1. The highest BCUT2D eigenvalue weighted by Crippen LogP contribution is 2.14. The molecule has 126 valence electrons. The fourth-order valence-corrected chi connectivity index (χ4v) is 2.57. The first-order chi connectivity index (χ1) is 11.3. The minimum absolute atomic E-state index is 0.206. The first kappa shape index (κ1) is 17.7. The molecule has 24 heavy (non-hydrogen) atoms. The van der Waals surface area contributed by atoms with E-state index in [1.807, 2.05) is 46.9 Å². The number of ether oxygens (including phenoxy) is 1. The highest BCUT2D eigenvalue weighted by atomic mass is 16.5. The number of carbonyl (C=O) groups is 2. The first-order valence-electron chi connectivity index (χ1n) is 7.75. The van der Waals surface area contributed by atoms with Gasteiger partial charge in [-0.15, -0.1) is 0 Å². The number of aryl methyl sites for hydroxylation is 4. The van der Waals surface area contributed by atoms with Gasteiger partial charge in [0.25, 0.3) is 0 Å². The van der Waals surface area contributed by atoms with Crippen molar-refractivity contribution in [2.75, 3.05) is 6.61 Å². The van der Waals surface area contributed by atoms with Crippen molar-refractivity contribution < 1.29 is 14.3 Å². The highest BCUT2D eigenvalue weighted by Gasteiger charge is 2.12. The zero-order valence-electron chi connectivity index (χ0n) is 14.7. The van der Waals surface area contributed by atoms with Crippen LogP contribution in [-0.4, -0.2) is 28.1 Å². The summed E-state index contributed by atoms with van der Waals surface area (Å²) >= 11 is 0. The topological polar surface area (TPSA) is 61.2 Å². The summed E-state index contributed by atoms with van der Waals surface area (Å²) in [6, 6.07) is 5.57. The van der Waals surface area contributed by atoms with Crippen molar-refractivity contribution in [1.29, 1.82) is 0 Å². The van der Waals surface area contributed by atoms with Gasteiger partial charge in [0.05, 0.1) is 5.69 Å². The number of carbonyl (C=O) groups excluding carboxylic acids is 2. The molecule has 1 aromatic carbocycles. The van der Waals surface area contributed by atoms with Crippen molar-refractivity contribution in [3.05, 3.63) is 57.9 Å². The number of nitrogens with zero attached hydrogens (tertiary/aromatic N) is 2. The van der Waals surface area contributed by atoms with E-state index in [9.17, 15) is 9.59 Å². The molecule has 0 saturated carbocycles. The molecule has 0 aliphatic rings. The number of hydrogen-bond acceptors (Lipinski definition) is 4. The molecule has 0 N–H and O–H groups in total. The van der Waals surface area contributed by atoms with Crippen molar-refractivity contribution >= 4 is 17.8 Å². The van der Waals surface area contributed by atoms with E-state index in [0.717, 1.165) is 28.1 Å². The molecular weight excluding hydrogens is 304 g/mol. The number of Topliss-reactive ketones (excluding diaryl/α,β-unsaturated/α-hetero) is 1. The molecule has 0 radical (unpaired) electrons. The van der Waals surface area contributed by atoms with Crippen LogP contribution in [0.4, 0.5) is 0 Å². The minimum atomic E-state index is -0.546. The molecule has 2 aromatic rings. The van der Waals surface area contributed by atoms with E-state index in [2.05, 4.69) is 5.10 Å². The molecule has 0 atom stereocenters. The maximum Gasteiger partial charge on any atom is 0.331 e. The van der Waals surface area contributed by atoms with E-state index in [1.54, 1.807) is 16.8 Å². The summed E-state index contributed by atoms with van der Waals surface area (Å²) in [6.07, 6.45) is 2.99. The Morgan fingerprint density at radius 2 is 1.92 bits per heavy atom. The van der Waals surface area contributed by atoms with Crippen molar-refractivity contribution in [2.45, 2.75) is 27.7 Å². The fourth-order valence-electron chi connectivity index (χ4n) is 2.57. The van der Waals surface area contributed by atoms with Crippen molar-refractivity contribution in [3.8, 4) is 0 Å². The second-order valence-electron chi connectivity index (χ2n) is 5.89. The minimum Gasteiger partial charge on any atom is -0.454 e. The van der Waals surface area contributed by atoms with Gasteiger partial charge in [0, 0.05) is 29.9 Å². The first-order valence-corrected chi connectivity index (χ1v) is 7.75. The fraction of sp³-hybridized carbons (Fsp3) is 0.316. The predicted octanol–water partition coefficient (Wildman–Crippen LogP) is 3.09. The summed E-state index contributed by atoms with van der Waals surface area (Å²) in [6.45, 7) is 7.37. The van der Waals surface area contributed by atoms with Crippen LogP contribution in [0.1, 0.15) is 38.4 Å². The number of rotatable bonds is 5. The van der Waals surface area contributed by atoms with Gasteiger partial charge in [-0.05, 0) is 39.3 Å². The van der Waals surface area contributed by atoms with Crippen LogP contribution in [0.15, 0.2) is 24.3 Å².